The second-order valence-corrected chi connectivity index (χ2v) is 9.33. The maximum Gasteiger partial charge on any atom is 0.248 e. The minimum Gasteiger partial charge on any atom is -0.382 e. The molecule has 3 aliphatic heterocycles. The van der Waals surface area contributed by atoms with E-state index in [0.717, 1.165) is 51.3 Å². The number of carbonyl (C=O) groups excluding carboxylic acids is 1. The fraction of sp³-hybridized carbons (Fsp3) is 0.955. The number of hydrogen-bond donors (Lipinski definition) is 0. The first kappa shape index (κ1) is 22.9. The molecule has 3 heterocycles. The highest BCUT2D eigenvalue weighted by atomic mass is 16.5. The lowest BCUT2D eigenvalue weighted by Crippen LogP contribution is -2.57. The summed E-state index contributed by atoms with van der Waals surface area (Å²) in [5.41, 5.74) is -0.0360. The van der Waals surface area contributed by atoms with Crippen molar-refractivity contribution in [3.63, 3.8) is 0 Å². The topological polar surface area (TPSA) is 54.5 Å². The van der Waals surface area contributed by atoms with Crippen LogP contribution >= 0.6 is 0 Å². The number of ether oxygens (including phenoxy) is 3. The summed E-state index contributed by atoms with van der Waals surface area (Å²) in [6.45, 7) is 14.1. The Hall–Kier alpha value is -0.730. The van der Waals surface area contributed by atoms with E-state index >= 15 is 0 Å². The zero-order valence-corrected chi connectivity index (χ0v) is 18.7. The van der Waals surface area contributed by atoms with Crippen LogP contribution in [0.2, 0.25) is 0 Å². The van der Waals surface area contributed by atoms with Gasteiger partial charge in [0.15, 0.2) is 0 Å². The zero-order valence-electron chi connectivity index (χ0n) is 18.7. The zero-order chi connectivity index (χ0) is 20.7. The van der Waals surface area contributed by atoms with Gasteiger partial charge < -0.3 is 24.0 Å². The molecule has 3 aliphatic rings. The molecule has 3 rings (SSSR count). The van der Waals surface area contributed by atoms with Gasteiger partial charge in [0.1, 0.15) is 6.61 Å². The van der Waals surface area contributed by atoms with Gasteiger partial charge >= 0.3 is 0 Å². The second kappa shape index (κ2) is 11.0. The Morgan fingerprint density at radius 2 is 1.83 bits per heavy atom. The molecular weight excluding hydrogens is 370 g/mol. The van der Waals surface area contributed by atoms with Gasteiger partial charge in [-0.3, -0.25) is 9.69 Å². The van der Waals surface area contributed by atoms with Crippen LogP contribution in [-0.2, 0) is 19.0 Å². The molecule has 3 saturated heterocycles. The average molecular weight is 412 g/mol. The standard InChI is InChI=1S/C22H41N3O4/c1-19(2)17-23-9-11-24(12-10-23)20-4-13-29-22(16-20)5-7-25(8-6-22)21(26)18-28-15-14-27-3/h19-20H,4-18H2,1-3H3/t20-/m0/s1. The second-order valence-electron chi connectivity index (χ2n) is 9.33. The van der Waals surface area contributed by atoms with Gasteiger partial charge in [-0.1, -0.05) is 13.8 Å². The highest BCUT2D eigenvalue weighted by Crippen LogP contribution is 2.37. The normalized spacial score (nSPS) is 26.3. The third-order valence-corrected chi connectivity index (χ3v) is 6.70. The van der Waals surface area contributed by atoms with Crippen LogP contribution in [0.4, 0.5) is 0 Å². The summed E-state index contributed by atoms with van der Waals surface area (Å²) < 4.78 is 16.7. The van der Waals surface area contributed by atoms with Crippen molar-refractivity contribution in [3.05, 3.63) is 0 Å². The quantitative estimate of drug-likeness (QED) is 0.564. The molecule has 1 atom stereocenters. The van der Waals surface area contributed by atoms with Crippen LogP contribution < -0.4 is 0 Å². The Morgan fingerprint density at radius 1 is 1.10 bits per heavy atom. The summed E-state index contributed by atoms with van der Waals surface area (Å²) in [6.07, 6.45) is 4.15. The minimum absolute atomic E-state index is 0.0360. The van der Waals surface area contributed by atoms with Gasteiger partial charge in [0.05, 0.1) is 18.8 Å². The van der Waals surface area contributed by atoms with Crippen molar-refractivity contribution in [1.29, 1.82) is 0 Å². The summed E-state index contributed by atoms with van der Waals surface area (Å²) in [5.74, 6) is 0.829. The van der Waals surface area contributed by atoms with Crippen LogP contribution in [0, 0.1) is 5.92 Å². The van der Waals surface area contributed by atoms with E-state index in [4.69, 9.17) is 14.2 Å². The first-order chi connectivity index (χ1) is 14.0. The number of carbonyl (C=O) groups is 1. The third-order valence-electron chi connectivity index (χ3n) is 6.70. The molecule has 168 valence electrons. The molecule has 0 N–H and O–H groups in total. The van der Waals surface area contributed by atoms with Crippen molar-refractivity contribution in [3.8, 4) is 0 Å². The molecule has 0 aromatic carbocycles. The van der Waals surface area contributed by atoms with Crippen molar-refractivity contribution in [1.82, 2.24) is 14.7 Å². The lowest BCUT2D eigenvalue weighted by molar-refractivity contribution is -0.153. The van der Waals surface area contributed by atoms with Crippen LogP contribution in [0.25, 0.3) is 0 Å². The van der Waals surface area contributed by atoms with Gasteiger partial charge in [-0.15, -0.1) is 0 Å². The number of likely N-dealkylation sites (tertiary alicyclic amines) is 1. The molecule has 3 fully saturated rings. The predicted molar refractivity (Wildman–Crippen MR) is 113 cm³/mol. The molecule has 1 spiro atoms. The summed E-state index contributed by atoms with van der Waals surface area (Å²) in [4.78, 5) is 19.6. The molecule has 1 amide bonds. The average Bonchev–Trinajstić information content (AvgIpc) is 2.72. The minimum atomic E-state index is -0.0360. The van der Waals surface area contributed by atoms with E-state index in [0.29, 0.717) is 19.3 Å². The van der Waals surface area contributed by atoms with Gasteiger partial charge in [0.2, 0.25) is 5.91 Å². The molecule has 7 heteroatoms. The van der Waals surface area contributed by atoms with E-state index in [1.165, 1.54) is 32.7 Å². The first-order valence-electron chi connectivity index (χ1n) is 11.5. The van der Waals surface area contributed by atoms with Gasteiger partial charge in [0, 0.05) is 65.6 Å². The number of piperazine rings is 1. The fourth-order valence-corrected chi connectivity index (χ4v) is 5.05. The van der Waals surface area contributed by atoms with E-state index in [-0.39, 0.29) is 18.1 Å². The summed E-state index contributed by atoms with van der Waals surface area (Å²) in [7, 11) is 1.64. The lowest BCUT2D eigenvalue weighted by atomic mass is 9.81. The number of rotatable bonds is 8. The van der Waals surface area contributed by atoms with Crippen LogP contribution in [0.5, 0.6) is 0 Å². The number of amides is 1. The Labute approximate surface area is 176 Å². The Bertz CT molecular complexity index is 500. The van der Waals surface area contributed by atoms with Gasteiger partial charge in [0.25, 0.3) is 0 Å². The van der Waals surface area contributed by atoms with Crippen LogP contribution in [0.3, 0.4) is 0 Å². The molecule has 0 saturated carbocycles. The first-order valence-corrected chi connectivity index (χ1v) is 11.5. The Balaban J connectivity index is 1.42. The highest BCUT2D eigenvalue weighted by Gasteiger charge is 2.42. The highest BCUT2D eigenvalue weighted by molar-refractivity contribution is 5.77. The fourth-order valence-electron chi connectivity index (χ4n) is 5.05. The van der Waals surface area contributed by atoms with E-state index in [9.17, 15) is 4.79 Å². The van der Waals surface area contributed by atoms with Crippen molar-refractivity contribution in [2.45, 2.75) is 51.2 Å². The molecule has 7 nitrogen and oxygen atoms in total. The maximum atomic E-state index is 12.4. The summed E-state index contributed by atoms with van der Waals surface area (Å²) in [5, 5.41) is 0. The lowest BCUT2D eigenvalue weighted by Gasteiger charge is -2.49. The predicted octanol–water partition coefficient (Wildman–Crippen LogP) is 1.46. The van der Waals surface area contributed by atoms with Gasteiger partial charge in [-0.2, -0.15) is 0 Å². The third kappa shape index (κ3) is 6.62. The summed E-state index contributed by atoms with van der Waals surface area (Å²) >= 11 is 0. The van der Waals surface area contributed by atoms with E-state index in [1.807, 2.05) is 4.90 Å². The van der Waals surface area contributed by atoms with Crippen LogP contribution in [-0.4, -0.2) is 112 Å². The number of nitrogens with zero attached hydrogens (tertiary/aromatic N) is 3. The molecule has 0 aromatic rings. The molecular formula is C22H41N3O4. The number of hydrogen-bond acceptors (Lipinski definition) is 6. The molecule has 0 aromatic heterocycles. The molecule has 0 unspecified atom stereocenters. The van der Waals surface area contributed by atoms with Crippen molar-refractivity contribution in [2.75, 3.05) is 79.4 Å². The molecule has 0 aliphatic carbocycles. The van der Waals surface area contributed by atoms with Gasteiger partial charge in [-0.25, -0.2) is 0 Å². The van der Waals surface area contributed by atoms with Crippen molar-refractivity contribution < 1.29 is 19.0 Å². The maximum absolute atomic E-state index is 12.4. The van der Waals surface area contributed by atoms with Gasteiger partial charge in [-0.05, 0) is 31.6 Å². The molecule has 29 heavy (non-hydrogen) atoms. The van der Waals surface area contributed by atoms with Crippen molar-refractivity contribution >= 4 is 5.91 Å². The Morgan fingerprint density at radius 3 is 2.48 bits per heavy atom. The van der Waals surface area contributed by atoms with E-state index < -0.39 is 0 Å². The number of methoxy groups -OCH3 is 1. The monoisotopic (exact) mass is 411 g/mol. The van der Waals surface area contributed by atoms with Crippen LogP contribution in [0.1, 0.15) is 39.5 Å². The molecule has 0 radical (unpaired) electrons. The summed E-state index contributed by atoms with van der Waals surface area (Å²) in [6, 6.07) is 0.629. The van der Waals surface area contributed by atoms with E-state index in [1.54, 1.807) is 7.11 Å². The number of piperidine rings is 1. The smallest absolute Gasteiger partial charge is 0.248 e. The molecule has 0 bridgehead atoms. The van der Waals surface area contributed by atoms with Crippen LogP contribution in [0.15, 0.2) is 0 Å². The van der Waals surface area contributed by atoms with Crippen molar-refractivity contribution in [2.24, 2.45) is 5.92 Å². The van der Waals surface area contributed by atoms with E-state index in [2.05, 4.69) is 23.6 Å². The largest absolute Gasteiger partial charge is 0.382 e. The SMILES string of the molecule is COCCOCC(=O)N1CCC2(CC1)C[C@@H](N1CCN(CC(C)C)CC1)CCO2. The Kier molecular flexibility index (Phi) is 8.74.